The van der Waals surface area contributed by atoms with Gasteiger partial charge < -0.3 is 14.8 Å². The number of nitrogens with zero attached hydrogens (tertiary/aromatic N) is 1. The molecule has 0 aliphatic heterocycles. The highest BCUT2D eigenvalue weighted by Crippen LogP contribution is 2.35. The summed E-state index contributed by atoms with van der Waals surface area (Å²) >= 11 is 21.3. The Hall–Kier alpha value is -2.69. The van der Waals surface area contributed by atoms with Gasteiger partial charge in [0.25, 0.3) is 5.91 Å². The molecule has 0 aliphatic carbocycles. The van der Waals surface area contributed by atoms with E-state index in [1.54, 1.807) is 36.4 Å². The summed E-state index contributed by atoms with van der Waals surface area (Å²) in [6.45, 7) is 2.57. The van der Waals surface area contributed by atoms with Crippen molar-refractivity contribution in [2.75, 3.05) is 11.9 Å². The zero-order chi connectivity index (χ0) is 24.7. The van der Waals surface area contributed by atoms with E-state index in [9.17, 15) is 10.1 Å². The van der Waals surface area contributed by atoms with Crippen molar-refractivity contribution in [2.24, 2.45) is 0 Å². The predicted molar refractivity (Wildman–Crippen MR) is 140 cm³/mol. The highest BCUT2D eigenvalue weighted by Gasteiger charge is 2.15. The number of nitrogens with one attached hydrogen (secondary N) is 1. The molecule has 0 fully saturated rings. The van der Waals surface area contributed by atoms with Gasteiger partial charge in [-0.2, -0.15) is 5.26 Å². The third kappa shape index (κ3) is 6.91. The molecular weight excluding hydrogens is 563 g/mol. The van der Waals surface area contributed by atoms with E-state index < -0.39 is 5.91 Å². The maximum Gasteiger partial charge on any atom is 0.266 e. The first-order chi connectivity index (χ1) is 16.3. The second-order valence-corrected chi connectivity index (χ2v) is 9.03. The zero-order valence-corrected chi connectivity index (χ0v) is 21.7. The lowest BCUT2D eigenvalue weighted by Crippen LogP contribution is -2.13. The molecule has 0 unspecified atom stereocenters. The van der Waals surface area contributed by atoms with E-state index >= 15 is 0 Å². The number of carbonyl (C=O) groups excluding carboxylic acids is 1. The maximum atomic E-state index is 12.7. The molecule has 0 aromatic heterocycles. The Morgan fingerprint density at radius 3 is 2.38 bits per heavy atom. The van der Waals surface area contributed by atoms with Crippen LogP contribution in [0.5, 0.6) is 11.5 Å². The van der Waals surface area contributed by atoms with Gasteiger partial charge in [0, 0.05) is 15.2 Å². The number of amides is 1. The fourth-order valence-corrected chi connectivity index (χ4v) is 3.72. The van der Waals surface area contributed by atoms with Crippen LogP contribution in [-0.2, 0) is 11.4 Å². The van der Waals surface area contributed by atoms with E-state index in [2.05, 4.69) is 21.2 Å². The molecule has 0 saturated carbocycles. The number of hydrogen-bond acceptors (Lipinski definition) is 4. The number of ether oxygens (including phenoxy) is 2. The van der Waals surface area contributed by atoms with Crippen LogP contribution in [0.25, 0.3) is 6.08 Å². The minimum absolute atomic E-state index is 0.107. The highest BCUT2D eigenvalue weighted by atomic mass is 79.9. The molecule has 9 heteroatoms. The molecule has 0 aliphatic rings. The summed E-state index contributed by atoms with van der Waals surface area (Å²) in [7, 11) is 0. The molecule has 3 aromatic carbocycles. The third-order valence-corrected chi connectivity index (χ3v) is 6.19. The summed E-state index contributed by atoms with van der Waals surface area (Å²) in [5, 5.41) is 13.5. The lowest BCUT2D eigenvalue weighted by Gasteiger charge is -2.14. The summed E-state index contributed by atoms with van der Waals surface area (Å²) in [4.78, 5) is 12.7. The number of anilines is 1. The van der Waals surface area contributed by atoms with Gasteiger partial charge in [-0.1, -0.05) is 62.9 Å². The summed E-state index contributed by atoms with van der Waals surface area (Å²) in [6.07, 6.45) is 1.46. The first-order valence-electron chi connectivity index (χ1n) is 10.0. The Kier molecular flexibility index (Phi) is 9.26. The van der Waals surface area contributed by atoms with Gasteiger partial charge in [0.2, 0.25) is 0 Å². The molecule has 34 heavy (non-hydrogen) atoms. The average molecular weight is 581 g/mol. The van der Waals surface area contributed by atoms with Gasteiger partial charge in [0.1, 0.15) is 18.2 Å². The van der Waals surface area contributed by atoms with Crippen molar-refractivity contribution in [3.05, 3.63) is 90.8 Å². The predicted octanol–water partition coefficient (Wildman–Crippen LogP) is 7.93. The molecule has 0 bridgehead atoms. The van der Waals surface area contributed by atoms with Crippen LogP contribution in [0.15, 0.2) is 64.6 Å². The minimum Gasteiger partial charge on any atom is -0.490 e. The largest absolute Gasteiger partial charge is 0.490 e. The van der Waals surface area contributed by atoms with Gasteiger partial charge in [0.05, 0.1) is 16.7 Å². The second-order valence-electron chi connectivity index (χ2n) is 6.92. The number of hydrogen-bond donors (Lipinski definition) is 1. The normalized spacial score (nSPS) is 11.0. The molecule has 3 rings (SSSR count). The van der Waals surface area contributed by atoms with Crippen molar-refractivity contribution >= 4 is 68.4 Å². The van der Waals surface area contributed by atoms with E-state index in [-0.39, 0.29) is 5.57 Å². The van der Waals surface area contributed by atoms with Crippen molar-refractivity contribution in [3.8, 4) is 17.6 Å². The molecule has 174 valence electrons. The van der Waals surface area contributed by atoms with E-state index in [4.69, 9.17) is 44.3 Å². The molecule has 0 heterocycles. The molecule has 1 N–H and O–H groups in total. The lowest BCUT2D eigenvalue weighted by atomic mass is 10.1. The smallest absolute Gasteiger partial charge is 0.266 e. The van der Waals surface area contributed by atoms with Crippen LogP contribution < -0.4 is 14.8 Å². The van der Waals surface area contributed by atoms with Crippen LogP contribution in [0.3, 0.4) is 0 Å². The van der Waals surface area contributed by atoms with Crippen LogP contribution in [0.2, 0.25) is 15.1 Å². The van der Waals surface area contributed by atoms with Crippen molar-refractivity contribution in [2.45, 2.75) is 13.5 Å². The van der Waals surface area contributed by atoms with E-state index in [0.717, 1.165) is 5.56 Å². The van der Waals surface area contributed by atoms with Crippen molar-refractivity contribution in [1.82, 2.24) is 0 Å². The molecular formula is C25H18BrCl3N2O3. The summed E-state index contributed by atoms with van der Waals surface area (Å²) in [5.74, 6) is 0.404. The Morgan fingerprint density at radius 1 is 1.03 bits per heavy atom. The quantitative estimate of drug-likeness (QED) is 0.217. The molecule has 3 aromatic rings. The SMILES string of the molecule is CCOc1cc(/C=C(\C#N)C(=O)Nc2ccc(Cl)c(Cl)c2)c(Br)cc1OCc1ccc(Cl)cc1. The van der Waals surface area contributed by atoms with Crippen molar-refractivity contribution < 1.29 is 14.3 Å². The molecule has 0 spiro atoms. The summed E-state index contributed by atoms with van der Waals surface area (Å²) < 4.78 is 12.3. The number of benzene rings is 3. The van der Waals surface area contributed by atoms with Crippen LogP contribution >= 0.6 is 50.7 Å². The van der Waals surface area contributed by atoms with Crippen LogP contribution in [-0.4, -0.2) is 12.5 Å². The van der Waals surface area contributed by atoms with Crippen molar-refractivity contribution in [3.63, 3.8) is 0 Å². The first-order valence-corrected chi connectivity index (χ1v) is 11.9. The van der Waals surface area contributed by atoms with Crippen LogP contribution in [0.4, 0.5) is 5.69 Å². The Bertz CT molecular complexity index is 1270. The topological polar surface area (TPSA) is 71.3 Å². The molecule has 1 amide bonds. The van der Waals surface area contributed by atoms with E-state index in [1.807, 2.05) is 25.1 Å². The number of rotatable bonds is 8. The summed E-state index contributed by atoms with van der Waals surface area (Å²) in [6, 6.07) is 17.4. The van der Waals surface area contributed by atoms with Gasteiger partial charge in [-0.15, -0.1) is 0 Å². The van der Waals surface area contributed by atoms with Crippen LogP contribution in [0.1, 0.15) is 18.1 Å². The second kappa shape index (κ2) is 12.1. The zero-order valence-electron chi connectivity index (χ0n) is 17.9. The van der Waals surface area contributed by atoms with Gasteiger partial charge in [-0.25, -0.2) is 0 Å². The fourth-order valence-electron chi connectivity index (χ4n) is 2.86. The molecule has 0 saturated heterocycles. The summed E-state index contributed by atoms with van der Waals surface area (Å²) in [5.41, 5.74) is 1.82. The van der Waals surface area contributed by atoms with E-state index in [0.29, 0.717) is 55.5 Å². The Balaban J connectivity index is 1.84. The first kappa shape index (κ1) is 25.9. The van der Waals surface area contributed by atoms with Crippen molar-refractivity contribution in [1.29, 1.82) is 5.26 Å². The standard InChI is InChI=1S/C25H18BrCl3N2O3/c1-2-33-23-10-16(20(26)12-24(23)34-14-15-3-5-18(27)6-4-15)9-17(13-30)25(32)31-19-7-8-21(28)22(29)11-19/h3-12H,2,14H2,1H3,(H,31,32)/b17-9+. The molecule has 0 radical (unpaired) electrons. The number of halogens is 4. The monoisotopic (exact) mass is 578 g/mol. The molecule has 0 atom stereocenters. The van der Waals surface area contributed by atoms with Gasteiger partial charge >= 0.3 is 0 Å². The number of carbonyl (C=O) groups is 1. The third-order valence-electron chi connectivity index (χ3n) is 4.51. The van der Waals surface area contributed by atoms with E-state index in [1.165, 1.54) is 12.1 Å². The Morgan fingerprint density at radius 2 is 1.74 bits per heavy atom. The minimum atomic E-state index is -0.589. The Labute approximate surface area is 221 Å². The van der Waals surface area contributed by atoms with Gasteiger partial charge in [0.15, 0.2) is 11.5 Å². The van der Waals surface area contributed by atoms with Gasteiger partial charge in [-0.3, -0.25) is 4.79 Å². The van der Waals surface area contributed by atoms with Crippen LogP contribution in [0, 0.1) is 11.3 Å². The molecule has 5 nitrogen and oxygen atoms in total. The maximum absolute atomic E-state index is 12.7. The fraction of sp³-hybridized carbons (Fsp3) is 0.120. The lowest BCUT2D eigenvalue weighted by molar-refractivity contribution is -0.112. The highest BCUT2D eigenvalue weighted by molar-refractivity contribution is 9.10. The number of nitriles is 1. The average Bonchev–Trinajstić information content (AvgIpc) is 2.81. The van der Waals surface area contributed by atoms with Gasteiger partial charge in [-0.05, 0) is 66.6 Å².